The first-order chi connectivity index (χ1) is 16.3. The number of carbonyl (C=O) groups excluding carboxylic acids is 2. The van der Waals surface area contributed by atoms with Gasteiger partial charge in [0.15, 0.2) is 5.17 Å². The molecule has 1 aromatic rings. The van der Waals surface area contributed by atoms with E-state index in [1.807, 2.05) is 51.3 Å². The highest BCUT2D eigenvalue weighted by Gasteiger charge is 2.43. The van der Waals surface area contributed by atoms with Gasteiger partial charge in [0.25, 0.3) is 0 Å². The molecule has 0 spiro atoms. The maximum atomic E-state index is 13.2. The fraction of sp³-hybridized carbons (Fsp3) is 0.519. The Hall–Kier alpha value is -2.54. The number of ether oxygens (including phenoxy) is 1. The van der Waals surface area contributed by atoms with Crippen molar-refractivity contribution in [2.75, 3.05) is 0 Å². The highest BCUT2D eigenvalue weighted by atomic mass is 32.2. The van der Waals surface area contributed by atoms with Gasteiger partial charge in [-0.05, 0) is 69.8 Å². The summed E-state index contributed by atoms with van der Waals surface area (Å²) in [7, 11) is 0. The first kappa shape index (κ1) is 23.2. The number of amides is 1. The number of benzene rings is 1. The lowest BCUT2D eigenvalue weighted by Crippen LogP contribution is -2.41. The molecule has 4 aliphatic rings. The minimum Gasteiger partial charge on any atom is -0.459 e. The summed E-state index contributed by atoms with van der Waals surface area (Å²) < 4.78 is 5.63. The molecule has 7 heteroatoms. The molecule has 0 radical (unpaired) electrons. The normalized spacial score (nSPS) is 27.6. The Balaban J connectivity index is 1.43. The average molecular weight is 480 g/mol. The first-order valence-electron chi connectivity index (χ1n) is 12.3. The van der Waals surface area contributed by atoms with Crippen LogP contribution in [0, 0.1) is 18.8 Å². The number of esters is 1. The number of carbonyl (C=O) groups is 2. The van der Waals surface area contributed by atoms with Gasteiger partial charge in [-0.1, -0.05) is 48.0 Å². The lowest BCUT2D eigenvalue weighted by Gasteiger charge is -2.36. The predicted octanol–water partition coefficient (Wildman–Crippen LogP) is 5.22. The summed E-state index contributed by atoms with van der Waals surface area (Å²) >= 11 is 1.51. The van der Waals surface area contributed by atoms with Crippen LogP contribution in [0.3, 0.4) is 0 Å². The van der Waals surface area contributed by atoms with Crippen molar-refractivity contribution in [1.82, 2.24) is 10.2 Å². The Bertz CT molecular complexity index is 1110. The highest BCUT2D eigenvalue weighted by molar-refractivity contribution is 8.16. The average Bonchev–Trinajstić information content (AvgIpc) is 3.48. The summed E-state index contributed by atoms with van der Waals surface area (Å²) in [5.41, 5.74) is 4.17. The Kier molecular flexibility index (Phi) is 6.32. The maximum absolute atomic E-state index is 13.2. The number of nitrogens with zero attached hydrogens (tertiary/aromatic N) is 2. The summed E-state index contributed by atoms with van der Waals surface area (Å²) in [5, 5.41) is 6.11. The van der Waals surface area contributed by atoms with Crippen LogP contribution < -0.4 is 5.32 Å². The highest BCUT2D eigenvalue weighted by Crippen LogP contribution is 2.46. The number of hydrogen-bond donors (Lipinski definition) is 1. The lowest BCUT2D eigenvalue weighted by molar-refractivity contribution is -0.143. The van der Waals surface area contributed by atoms with Crippen molar-refractivity contribution in [3.63, 3.8) is 0 Å². The number of aliphatic imine (C=N–C) groups is 1. The van der Waals surface area contributed by atoms with Crippen LogP contribution in [0.4, 0.5) is 0 Å². The van der Waals surface area contributed by atoms with Gasteiger partial charge < -0.3 is 15.0 Å². The second-order valence-electron chi connectivity index (χ2n) is 10.3. The summed E-state index contributed by atoms with van der Waals surface area (Å²) in [4.78, 5) is 33.1. The Morgan fingerprint density at radius 2 is 2.06 bits per heavy atom. The monoisotopic (exact) mass is 479 g/mol. The van der Waals surface area contributed by atoms with E-state index in [1.54, 1.807) is 0 Å². The molecule has 0 unspecified atom stereocenters. The van der Waals surface area contributed by atoms with Gasteiger partial charge >= 0.3 is 5.97 Å². The van der Waals surface area contributed by atoms with Gasteiger partial charge in [-0.3, -0.25) is 4.79 Å². The molecule has 1 amide bonds. The molecule has 2 fully saturated rings. The number of hydrogen-bond acceptors (Lipinski definition) is 6. The fourth-order valence-corrected chi connectivity index (χ4v) is 6.87. The molecule has 2 bridgehead atoms. The van der Waals surface area contributed by atoms with Gasteiger partial charge in [-0.2, -0.15) is 0 Å². The largest absolute Gasteiger partial charge is 0.459 e. The van der Waals surface area contributed by atoms with Crippen LogP contribution in [-0.4, -0.2) is 34.1 Å². The van der Waals surface area contributed by atoms with Crippen molar-refractivity contribution < 1.29 is 14.3 Å². The predicted molar refractivity (Wildman–Crippen MR) is 135 cm³/mol. The molecule has 6 nitrogen and oxygen atoms in total. The summed E-state index contributed by atoms with van der Waals surface area (Å²) in [5.74, 6) is 1.11. The van der Waals surface area contributed by atoms with Crippen molar-refractivity contribution in [1.29, 1.82) is 0 Å². The van der Waals surface area contributed by atoms with Crippen LogP contribution in [-0.2, 0) is 14.3 Å². The molecule has 1 aromatic carbocycles. The molecular formula is C27H33N3O3S. The van der Waals surface area contributed by atoms with Crippen LogP contribution in [0.25, 0.3) is 0 Å². The van der Waals surface area contributed by atoms with Gasteiger partial charge in [0.05, 0.1) is 29.8 Å². The van der Waals surface area contributed by atoms with Crippen molar-refractivity contribution in [3.05, 3.63) is 57.8 Å². The second-order valence-corrected chi connectivity index (χ2v) is 11.1. The van der Waals surface area contributed by atoms with Gasteiger partial charge in [0.1, 0.15) is 0 Å². The van der Waals surface area contributed by atoms with Gasteiger partial charge in [-0.25, -0.2) is 9.79 Å². The number of amidine groups is 1. The SMILES string of the molecule is CC1=C(C(=O)OC(C)C)[C@@H](c2cccc(C)c2)N2C(CC(=O)N[C@H]3C[C@H]4CC[C@H]3C4)=CSC2=N1. The number of aryl methyl sites for hydroxylation is 1. The van der Waals surface area contributed by atoms with E-state index in [2.05, 4.69) is 16.3 Å². The van der Waals surface area contributed by atoms with E-state index in [0.29, 0.717) is 23.2 Å². The number of allylic oxidation sites excluding steroid dienone is 1. The topological polar surface area (TPSA) is 71.0 Å². The minimum atomic E-state index is -0.379. The third-order valence-corrected chi connectivity index (χ3v) is 8.24. The Morgan fingerprint density at radius 1 is 1.24 bits per heavy atom. The molecule has 0 aromatic heterocycles. The zero-order valence-electron chi connectivity index (χ0n) is 20.3. The summed E-state index contributed by atoms with van der Waals surface area (Å²) in [6.07, 6.45) is 4.95. The smallest absolute Gasteiger partial charge is 0.338 e. The van der Waals surface area contributed by atoms with E-state index in [1.165, 1.54) is 31.0 Å². The van der Waals surface area contributed by atoms with Crippen molar-refractivity contribution in [2.45, 2.75) is 78.0 Å². The molecule has 2 heterocycles. The molecule has 4 atom stereocenters. The quantitative estimate of drug-likeness (QED) is 0.567. The summed E-state index contributed by atoms with van der Waals surface area (Å²) in [6, 6.07) is 8.11. The van der Waals surface area contributed by atoms with Crippen LogP contribution >= 0.6 is 11.8 Å². The Labute approximate surface area is 205 Å². The third kappa shape index (κ3) is 4.42. The molecule has 180 valence electrons. The van der Waals surface area contributed by atoms with E-state index in [-0.39, 0.29) is 30.4 Å². The molecule has 2 aliphatic heterocycles. The third-order valence-electron chi connectivity index (χ3n) is 7.35. The second kappa shape index (κ2) is 9.25. The number of fused-ring (bicyclic) bond motifs is 3. The van der Waals surface area contributed by atoms with Crippen molar-refractivity contribution in [2.24, 2.45) is 16.8 Å². The molecule has 5 rings (SSSR count). The van der Waals surface area contributed by atoms with E-state index in [0.717, 1.165) is 34.3 Å². The maximum Gasteiger partial charge on any atom is 0.338 e. The van der Waals surface area contributed by atoms with E-state index in [4.69, 9.17) is 9.73 Å². The van der Waals surface area contributed by atoms with Gasteiger partial charge in [0, 0.05) is 11.7 Å². The molecule has 0 saturated heterocycles. The van der Waals surface area contributed by atoms with Crippen LogP contribution in [0.1, 0.15) is 70.0 Å². The molecule has 2 aliphatic carbocycles. The number of nitrogens with one attached hydrogen (secondary N) is 1. The standard InChI is InChI=1S/C27H33N3O3S/c1-15(2)33-26(32)24-17(4)28-27-30(25(24)20-7-5-6-16(3)10-20)21(14-34-27)13-23(31)29-22-12-18-8-9-19(22)11-18/h5-7,10,14-15,18-19,22,25H,8-9,11-13H2,1-4H3,(H,29,31)/t18-,19-,22-,25+/m0/s1. The lowest BCUT2D eigenvalue weighted by atomic mass is 9.92. The van der Waals surface area contributed by atoms with Crippen LogP contribution in [0.15, 0.2) is 51.6 Å². The molecule has 2 saturated carbocycles. The molecular weight excluding hydrogens is 446 g/mol. The minimum absolute atomic E-state index is 0.0474. The molecule has 1 N–H and O–H groups in total. The fourth-order valence-electron chi connectivity index (χ4n) is 5.91. The molecule has 34 heavy (non-hydrogen) atoms. The van der Waals surface area contributed by atoms with Crippen molar-refractivity contribution >= 4 is 28.8 Å². The van der Waals surface area contributed by atoms with Gasteiger partial charge in [0.2, 0.25) is 5.91 Å². The zero-order chi connectivity index (χ0) is 24.0. The van der Waals surface area contributed by atoms with E-state index < -0.39 is 0 Å². The van der Waals surface area contributed by atoms with E-state index >= 15 is 0 Å². The van der Waals surface area contributed by atoms with Crippen molar-refractivity contribution in [3.8, 4) is 0 Å². The van der Waals surface area contributed by atoms with Crippen LogP contribution in [0.5, 0.6) is 0 Å². The zero-order valence-corrected chi connectivity index (χ0v) is 21.2. The number of rotatable bonds is 6. The van der Waals surface area contributed by atoms with E-state index in [9.17, 15) is 9.59 Å². The summed E-state index contributed by atoms with van der Waals surface area (Å²) in [6.45, 7) is 7.61. The van der Waals surface area contributed by atoms with Gasteiger partial charge in [-0.15, -0.1) is 0 Å². The Morgan fingerprint density at radius 3 is 2.74 bits per heavy atom. The first-order valence-corrected chi connectivity index (χ1v) is 13.2. The van der Waals surface area contributed by atoms with Crippen LogP contribution in [0.2, 0.25) is 0 Å². The number of thioether (sulfide) groups is 1.